The molecule has 0 N–H and O–H groups in total. The number of hydrogen-bond acceptors (Lipinski definition) is 1. The zero-order valence-electron chi connectivity index (χ0n) is 18.0. The average Bonchev–Trinajstić information content (AvgIpc) is 2.40. The highest BCUT2D eigenvalue weighted by Gasteiger charge is 2.35. The third-order valence-electron chi connectivity index (χ3n) is 3.92. The van der Waals surface area contributed by atoms with Crippen molar-refractivity contribution in [1.29, 1.82) is 0 Å². The maximum Gasteiger partial charge on any atom is 0.212 e. The summed E-state index contributed by atoms with van der Waals surface area (Å²) >= 11 is 0. The van der Waals surface area contributed by atoms with Crippen molar-refractivity contribution < 1.29 is 0 Å². The molecule has 0 saturated heterocycles. The fraction of sp³-hybridized carbons (Fsp3) is 1.00. The summed E-state index contributed by atoms with van der Waals surface area (Å²) in [6.45, 7) is 5.34. The van der Waals surface area contributed by atoms with Crippen LogP contribution in [0.15, 0.2) is 9.26 Å². The van der Waals surface area contributed by atoms with Gasteiger partial charge in [-0.15, -0.1) is 0 Å². The molecule has 0 radical (unpaired) electrons. The first-order valence-electron chi connectivity index (χ1n) is 8.45. The standard InChI is InChI=1S/C15H41N7P2/c1-15(2)13-14-16-23(18(3)4,19(5)6)17-24(20(7)8,21(9)10)22(11)12/h15H,13-14H2,1-12H3. The van der Waals surface area contributed by atoms with Crippen LogP contribution in [0.4, 0.5) is 0 Å². The zero-order chi connectivity index (χ0) is 19.3. The molecule has 0 amide bonds. The molecule has 0 heterocycles. The van der Waals surface area contributed by atoms with E-state index in [0.29, 0.717) is 5.92 Å². The van der Waals surface area contributed by atoms with Crippen molar-refractivity contribution in [3.63, 3.8) is 0 Å². The van der Waals surface area contributed by atoms with Crippen LogP contribution in [0.25, 0.3) is 0 Å². The second-order valence-electron chi connectivity index (χ2n) is 7.45. The molecule has 0 unspecified atom stereocenters. The minimum Gasteiger partial charge on any atom is -0.255 e. The largest absolute Gasteiger partial charge is 0.255 e. The van der Waals surface area contributed by atoms with Crippen molar-refractivity contribution in [2.75, 3.05) is 77.0 Å². The van der Waals surface area contributed by atoms with Crippen LogP contribution in [0.1, 0.15) is 20.3 Å². The van der Waals surface area contributed by atoms with Gasteiger partial charge in [-0.2, -0.15) is 4.52 Å². The van der Waals surface area contributed by atoms with Crippen LogP contribution < -0.4 is 0 Å². The van der Waals surface area contributed by atoms with Crippen LogP contribution in [-0.4, -0.2) is 100 Å². The maximum atomic E-state index is 5.52. The number of rotatable bonds is 9. The molecule has 0 aliphatic heterocycles. The first-order chi connectivity index (χ1) is 10.8. The van der Waals surface area contributed by atoms with Crippen LogP contribution in [0.5, 0.6) is 0 Å². The first-order valence-corrected chi connectivity index (χ1v) is 11.7. The van der Waals surface area contributed by atoms with Crippen LogP contribution in [0.3, 0.4) is 0 Å². The lowest BCUT2D eigenvalue weighted by molar-refractivity contribution is 0.472. The molecule has 0 aromatic rings. The van der Waals surface area contributed by atoms with Gasteiger partial charge in [0, 0.05) is 6.54 Å². The van der Waals surface area contributed by atoms with Gasteiger partial charge in [-0.1, -0.05) is 13.8 Å². The summed E-state index contributed by atoms with van der Waals surface area (Å²) < 4.78 is 21.9. The lowest BCUT2D eigenvalue weighted by Crippen LogP contribution is -2.32. The Labute approximate surface area is 151 Å². The van der Waals surface area contributed by atoms with E-state index >= 15 is 0 Å². The molecule has 0 aliphatic rings. The van der Waals surface area contributed by atoms with Crippen molar-refractivity contribution in [2.45, 2.75) is 20.3 Å². The molecule has 0 atom stereocenters. The summed E-state index contributed by atoms with van der Waals surface area (Å²) in [7, 11) is 17.0. The minimum atomic E-state index is -2.14. The molecule has 0 rings (SSSR count). The third kappa shape index (κ3) is 5.38. The molecule has 7 nitrogen and oxygen atoms in total. The Morgan fingerprint density at radius 2 is 1.04 bits per heavy atom. The molecule has 0 saturated carbocycles. The predicted molar refractivity (Wildman–Crippen MR) is 111 cm³/mol. The molecular formula is C15H41N7P2. The van der Waals surface area contributed by atoms with Gasteiger partial charge in [0.15, 0.2) is 7.51 Å². The highest BCUT2D eigenvalue weighted by atomic mass is 31.2. The van der Waals surface area contributed by atoms with E-state index in [-0.39, 0.29) is 0 Å². The molecule has 0 spiro atoms. The van der Waals surface area contributed by atoms with Crippen molar-refractivity contribution in [3.8, 4) is 0 Å². The SMILES string of the molecule is CC(C)CCN=P(N=P(N(C)C)(N(C)C)N(C)C)(N(C)C)N(C)C. The summed E-state index contributed by atoms with van der Waals surface area (Å²) in [4.78, 5) is 0. The van der Waals surface area contributed by atoms with Crippen LogP contribution in [0, 0.1) is 5.92 Å². The van der Waals surface area contributed by atoms with E-state index in [1.807, 2.05) is 0 Å². The number of hydrogen-bond donors (Lipinski definition) is 0. The Balaban J connectivity index is 6.60. The molecule has 0 fully saturated rings. The van der Waals surface area contributed by atoms with Crippen molar-refractivity contribution in [3.05, 3.63) is 0 Å². The van der Waals surface area contributed by atoms with E-state index in [9.17, 15) is 0 Å². The van der Waals surface area contributed by atoms with Crippen LogP contribution in [-0.2, 0) is 0 Å². The van der Waals surface area contributed by atoms with E-state index in [2.05, 4.69) is 108 Å². The van der Waals surface area contributed by atoms with Crippen molar-refractivity contribution >= 4 is 15.0 Å². The summed E-state index contributed by atoms with van der Waals surface area (Å²) in [5.41, 5.74) is 0. The molecule has 0 bridgehead atoms. The lowest BCUT2D eigenvalue weighted by Gasteiger charge is -2.44. The molecular weight excluding hydrogens is 340 g/mol. The van der Waals surface area contributed by atoms with Gasteiger partial charge in [-0.25, -0.2) is 9.34 Å². The van der Waals surface area contributed by atoms with Gasteiger partial charge in [0.25, 0.3) is 0 Å². The van der Waals surface area contributed by atoms with Crippen LogP contribution in [0.2, 0.25) is 0 Å². The van der Waals surface area contributed by atoms with E-state index < -0.39 is 15.0 Å². The Morgan fingerprint density at radius 3 is 1.29 bits per heavy atom. The molecule has 0 aromatic heterocycles. The third-order valence-corrected chi connectivity index (χ3v) is 11.8. The van der Waals surface area contributed by atoms with Gasteiger partial charge < -0.3 is 0 Å². The predicted octanol–water partition coefficient (Wildman–Crippen LogP) is 3.73. The number of nitrogens with zero attached hydrogens (tertiary/aromatic N) is 7. The van der Waals surface area contributed by atoms with Gasteiger partial charge >= 0.3 is 0 Å². The Hall–Kier alpha value is 0.260. The molecule has 0 aromatic carbocycles. The van der Waals surface area contributed by atoms with E-state index in [4.69, 9.17) is 9.26 Å². The zero-order valence-corrected chi connectivity index (χ0v) is 19.8. The Bertz CT molecular complexity index is 442. The second kappa shape index (κ2) is 9.82. The topological polar surface area (TPSA) is 40.9 Å². The minimum absolute atomic E-state index is 0.649. The summed E-state index contributed by atoms with van der Waals surface area (Å²) in [5, 5.41) is 0. The fourth-order valence-electron chi connectivity index (χ4n) is 2.72. The normalized spacial score (nSPS) is 13.9. The molecule has 0 aliphatic carbocycles. The average molecular weight is 381 g/mol. The summed E-state index contributed by atoms with van der Waals surface area (Å²) in [6, 6.07) is 0. The monoisotopic (exact) mass is 381 g/mol. The summed E-state index contributed by atoms with van der Waals surface area (Å²) in [6.07, 6.45) is 1.09. The van der Waals surface area contributed by atoms with Gasteiger partial charge in [-0.3, -0.25) is 18.8 Å². The fourth-order valence-corrected chi connectivity index (χ4v) is 11.2. The summed E-state index contributed by atoms with van der Waals surface area (Å²) in [5.74, 6) is 0.649. The maximum absolute atomic E-state index is 5.52. The van der Waals surface area contributed by atoms with Crippen molar-refractivity contribution in [2.24, 2.45) is 15.2 Å². The van der Waals surface area contributed by atoms with Gasteiger partial charge in [0.1, 0.15) is 0 Å². The highest BCUT2D eigenvalue weighted by Crippen LogP contribution is 2.67. The highest BCUT2D eigenvalue weighted by molar-refractivity contribution is 7.71. The van der Waals surface area contributed by atoms with Gasteiger partial charge in [-0.05, 0) is 82.8 Å². The Morgan fingerprint density at radius 1 is 0.667 bits per heavy atom. The smallest absolute Gasteiger partial charge is 0.212 e. The van der Waals surface area contributed by atoms with E-state index in [0.717, 1.165) is 13.0 Å². The van der Waals surface area contributed by atoms with E-state index in [1.54, 1.807) is 0 Å². The Kier molecular flexibility index (Phi) is 9.93. The molecule has 24 heavy (non-hydrogen) atoms. The van der Waals surface area contributed by atoms with Gasteiger partial charge in [0.05, 0.1) is 0 Å². The first kappa shape index (κ1) is 24.3. The molecule has 146 valence electrons. The quantitative estimate of drug-likeness (QED) is 0.569. The van der Waals surface area contributed by atoms with Crippen molar-refractivity contribution in [1.82, 2.24) is 23.4 Å². The second-order valence-corrected chi connectivity index (χ2v) is 14.6. The lowest BCUT2D eigenvalue weighted by atomic mass is 10.1. The van der Waals surface area contributed by atoms with Gasteiger partial charge in [0.2, 0.25) is 7.51 Å². The molecule has 9 heteroatoms. The van der Waals surface area contributed by atoms with Crippen LogP contribution >= 0.6 is 15.0 Å². The van der Waals surface area contributed by atoms with E-state index in [1.165, 1.54) is 0 Å².